The predicted molar refractivity (Wildman–Crippen MR) is 72.3 cm³/mol. The van der Waals surface area contributed by atoms with Crippen LogP contribution in [-0.2, 0) is 24.2 Å². The Morgan fingerprint density at radius 3 is 2.89 bits per heavy atom. The second kappa shape index (κ2) is 4.75. The van der Waals surface area contributed by atoms with Crippen LogP contribution in [0.3, 0.4) is 0 Å². The van der Waals surface area contributed by atoms with Gasteiger partial charge in [-0.05, 0) is 48.3 Å². The first-order valence-corrected chi connectivity index (χ1v) is 7.14. The number of hydrogen-bond donors (Lipinski definition) is 0. The molecule has 1 saturated carbocycles. The third kappa shape index (κ3) is 2.43. The Labute approximate surface area is 109 Å². The Hall–Kier alpha value is -1.31. The van der Waals surface area contributed by atoms with Gasteiger partial charge in [0.1, 0.15) is 0 Å². The summed E-state index contributed by atoms with van der Waals surface area (Å²) in [5, 5.41) is 0. The van der Waals surface area contributed by atoms with E-state index in [1.165, 1.54) is 29.5 Å². The van der Waals surface area contributed by atoms with E-state index in [2.05, 4.69) is 30.0 Å². The summed E-state index contributed by atoms with van der Waals surface area (Å²) in [6.07, 6.45) is 5.40. The highest BCUT2D eigenvalue weighted by Crippen LogP contribution is 2.33. The van der Waals surface area contributed by atoms with E-state index in [1.807, 2.05) is 0 Å². The van der Waals surface area contributed by atoms with Gasteiger partial charge in [-0.3, -0.25) is 4.79 Å². The van der Waals surface area contributed by atoms with Crippen molar-refractivity contribution in [2.24, 2.45) is 5.92 Å². The highest BCUT2D eigenvalue weighted by molar-refractivity contribution is 5.77. The average Bonchev–Trinajstić information content (AvgIpc) is 3.21. The van der Waals surface area contributed by atoms with Crippen LogP contribution in [0.1, 0.15) is 42.9 Å². The van der Waals surface area contributed by atoms with Gasteiger partial charge in [-0.1, -0.05) is 25.1 Å². The number of nitrogens with zero attached hydrogens (tertiary/aromatic N) is 1. The standard InChI is InChI=1S/C16H21NO/c1-2-12-5-6-14-7-8-17(11-15(14)9-12)16(18)10-13-3-4-13/h5-6,9,13H,2-4,7-8,10-11H2,1H3. The van der Waals surface area contributed by atoms with Crippen molar-refractivity contribution in [1.82, 2.24) is 4.90 Å². The molecule has 1 heterocycles. The molecule has 1 aliphatic carbocycles. The van der Waals surface area contributed by atoms with Crippen LogP contribution in [0, 0.1) is 5.92 Å². The first-order valence-electron chi connectivity index (χ1n) is 7.14. The van der Waals surface area contributed by atoms with E-state index >= 15 is 0 Å². The number of carbonyl (C=O) groups is 1. The van der Waals surface area contributed by atoms with E-state index in [4.69, 9.17) is 0 Å². The SMILES string of the molecule is CCc1ccc2c(c1)CN(C(=O)CC1CC1)CC2. The molecule has 1 aromatic rings. The van der Waals surface area contributed by atoms with Crippen LogP contribution < -0.4 is 0 Å². The van der Waals surface area contributed by atoms with E-state index in [-0.39, 0.29) is 0 Å². The van der Waals surface area contributed by atoms with Gasteiger partial charge in [-0.15, -0.1) is 0 Å². The first-order chi connectivity index (χ1) is 8.76. The van der Waals surface area contributed by atoms with E-state index in [9.17, 15) is 4.79 Å². The fourth-order valence-electron chi connectivity index (χ4n) is 2.74. The molecule has 0 unspecified atom stereocenters. The Kier molecular flexibility index (Phi) is 3.11. The smallest absolute Gasteiger partial charge is 0.223 e. The highest BCUT2D eigenvalue weighted by Gasteiger charge is 2.28. The van der Waals surface area contributed by atoms with Crippen LogP contribution >= 0.6 is 0 Å². The van der Waals surface area contributed by atoms with Gasteiger partial charge in [0.15, 0.2) is 0 Å². The van der Waals surface area contributed by atoms with Gasteiger partial charge in [-0.25, -0.2) is 0 Å². The lowest BCUT2D eigenvalue weighted by atomic mass is 9.96. The normalized spacial score (nSPS) is 18.6. The molecule has 2 nitrogen and oxygen atoms in total. The maximum absolute atomic E-state index is 12.1. The summed E-state index contributed by atoms with van der Waals surface area (Å²) in [5.74, 6) is 1.06. The quantitative estimate of drug-likeness (QED) is 0.799. The average molecular weight is 243 g/mol. The van der Waals surface area contributed by atoms with E-state index < -0.39 is 0 Å². The molecular formula is C16H21NO. The molecule has 0 spiro atoms. The molecule has 18 heavy (non-hydrogen) atoms. The molecule has 2 aliphatic rings. The van der Waals surface area contributed by atoms with Crippen molar-refractivity contribution in [2.45, 2.75) is 45.6 Å². The lowest BCUT2D eigenvalue weighted by Gasteiger charge is -2.29. The van der Waals surface area contributed by atoms with Crippen LogP contribution in [0.5, 0.6) is 0 Å². The molecule has 3 rings (SSSR count). The summed E-state index contributed by atoms with van der Waals surface area (Å²) in [5.41, 5.74) is 4.18. The summed E-state index contributed by atoms with van der Waals surface area (Å²) in [7, 11) is 0. The van der Waals surface area contributed by atoms with Gasteiger partial charge >= 0.3 is 0 Å². The minimum atomic E-state index is 0.366. The van der Waals surface area contributed by atoms with Crippen molar-refractivity contribution in [1.29, 1.82) is 0 Å². The number of fused-ring (bicyclic) bond motifs is 1. The monoisotopic (exact) mass is 243 g/mol. The largest absolute Gasteiger partial charge is 0.338 e. The van der Waals surface area contributed by atoms with Crippen LogP contribution in [0.25, 0.3) is 0 Å². The topological polar surface area (TPSA) is 20.3 Å². The number of hydrogen-bond acceptors (Lipinski definition) is 1. The van der Waals surface area contributed by atoms with Crippen molar-refractivity contribution in [3.8, 4) is 0 Å². The van der Waals surface area contributed by atoms with Gasteiger partial charge < -0.3 is 4.90 Å². The summed E-state index contributed by atoms with van der Waals surface area (Å²) in [6.45, 7) is 3.92. The third-order valence-corrected chi connectivity index (χ3v) is 4.20. The zero-order valence-corrected chi connectivity index (χ0v) is 11.1. The maximum Gasteiger partial charge on any atom is 0.223 e. The molecule has 0 N–H and O–H groups in total. The van der Waals surface area contributed by atoms with Crippen LogP contribution in [0.2, 0.25) is 0 Å². The number of benzene rings is 1. The minimum Gasteiger partial charge on any atom is -0.338 e. The van der Waals surface area contributed by atoms with Crippen molar-refractivity contribution >= 4 is 5.91 Å². The van der Waals surface area contributed by atoms with Crippen molar-refractivity contribution in [3.63, 3.8) is 0 Å². The molecule has 0 bridgehead atoms. The van der Waals surface area contributed by atoms with Crippen LogP contribution in [0.4, 0.5) is 0 Å². The molecule has 0 atom stereocenters. The van der Waals surface area contributed by atoms with Crippen molar-refractivity contribution in [3.05, 3.63) is 34.9 Å². The number of aryl methyl sites for hydroxylation is 1. The summed E-state index contributed by atoms with van der Waals surface area (Å²) < 4.78 is 0. The molecule has 1 fully saturated rings. The number of carbonyl (C=O) groups excluding carboxylic acids is 1. The molecular weight excluding hydrogens is 222 g/mol. The number of amides is 1. The molecule has 0 saturated heterocycles. The van der Waals surface area contributed by atoms with Crippen molar-refractivity contribution < 1.29 is 4.79 Å². The zero-order valence-electron chi connectivity index (χ0n) is 11.1. The van der Waals surface area contributed by atoms with Crippen LogP contribution in [0.15, 0.2) is 18.2 Å². The summed E-state index contributed by atoms with van der Waals surface area (Å²) >= 11 is 0. The molecule has 0 aromatic heterocycles. The Bertz CT molecular complexity index is 462. The van der Waals surface area contributed by atoms with Crippen molar-refractivity contribution in [2.75, 3.05) is 6.54 Å². The van der Waals surface area contributed by atoms with Gasteiger partial charge in [0.05, 0.1) is 0 Å². The van der Waals surface area contributed by atoms with Gasteiger partial charge in [0.25, 0.3) is 0 Å². The molecule has 2 heteroatoms. The Balaban J connectivity index is 1.72. The first kappa shape index (κ1) is 11.8. The lowest BCUT2D eigenvalue weighted by Crippen LogP contribution is -2.36. The van der Waals surface area contributed by atoms with Crippen LogP contribution in [-0.4, -0.2) is 17.4 Å². The molecule has 1 aromatic carbocycles. The van der Waals surface area contributed by atoms with E-state index in [0.717, 1.165) is 32.4 Å². The summed E-state index contributed by atoms with van der Waals surface area (Å²) in [6, 6.07) is 6.75. The summed E-state index contributed by atoms with van der Waals surface area (Å²) in [4.78, 5) is 14.2. The van der Waals surface area contributed by atoms with Gasteiger partial charge in [0.2, 0.25) is 5.91 Å². The minimum absolute atomic E-state index is 0.366. The van der Waals surface area contributed by atoms with Gasteiger partial charge in [0, 0.05) is 19.5 Å². The fraction of sp³-hybridized carbons (Fsp3) is 0.562. The third-order valence-electron chi connectivity index (χ3n) is 4.20. The van der Waals surface area contributed by atoms with Gasteiger partial charge in [-0.2, -0.15) is 0 Å². The lowest BCUT2D eigenvalue weighted by molar-refractivity contribution is -0.132. The molecule has 0 radical (unpaired) electrons. The Morgan fingerprint density at radius 1 is 1.33 bits per heavy atom. The maximum atomic E-state index is 12.1. The van der Waals surface area contributed by atoms with E-state index in [0.29, 0.717) is 11.8 Å². The highest BCUT2D eigenvalue weighted by atomic mass is 16.2. The molecule has 96 valence electrons. The molecule has 1 aliphatic heterocycles. The second-order valence-electron chi connectivity index (χ2n) is 5.67. The predicted octanol–water partition coefficient (Wildman–Crippen LogP) is 2.93. The second-order valence-corrected chi connectivity index (χ2v) is 5.67. The zero-order chi connectivity index (χ0) is 12.5. The number of rotatable bonds is 3. The molecule has 1 amide bonds. The van der Waals surface area contributed by atoms with E-state index in [1.54, 1.807) is 0 Å². The fourth-order valence-corrected chi connectivity index (χ4v) is 2.74. The Morgan fingerprint density at radius 2 is 2.17 bits per heavy atom.